The van der Waals surface area contributed by atoms with Crippen LogP contribution in [0, 0.1) is 5.95 Å². The third-order valence-electron chi connectivity index (χ3n) is 2.20. The van der Waals surface area contributed by atoms with Gasteiger partial charge in [-0.05, 0) is 19.9 Å². The number of hydrogen-bond donors (Lipinski definition) is 0. The number of carbonyl (C=O) groups is 1. The van der Waals surface area contributed by atoms with Gasteiger partial charge in [0.2, 0.25) is 5.95 Å². The van der Waals surface area contributed by atoms with Gasteiger partial charge in [-0.15, -0.1) is 0 Å². The first-order chi connectivity index (χ1) is 8.00. The van der Waals surface area contributed by atoms with Crippen molar-refractivity contribution >= 4 is 5.91 Å². The van der Waals surface area contributed by atoms with Gasteiger partial charge < -0.3 is 9.64 Å². The first-order valence-electron chi connectivity index (χ1n) is 5.49. The molecule has 0 N–H and O–H groups in total. The summed E-state index contributed by atoms with van der Waals surface area (Å²) < 4.78 is 18.2. The maximum Gasteiger partial charge on any atom is 0.253 e. The van der Waals surface area contributed by atoms with Crippen LogP contribution in [0.25, 0.3) is 0 Å². The molecule has 1 heterocycles. The van der Waals surface area contributed by atoms with Crippen molar-refractivity contribution in [2.45, 2.75) is 20.0 Å². The highest BCUT2D eigenvalue weighted by Gasteiger charge is 2.12. The van der Waals surface area contributed by atoms with E-state index >= 15 is 0 Å². The van der Waals surface area contributed by atoms with Gasteiger partial charge in [0.25, 0.3) is 5.91 Å². The van der Waals surface area contributed by atoms with Gasteiger partial charge in [-0.2, -0.15) is 4.39 Å². The number of aromatic nitrogens is 1. The van der Waals surface area contributed by atoms with E-state index in [0.717, 1.165) is 6.07 Å². The van der Waals surface area contributed by atoms with Crippen LogP contribution in [-0.4, -0.2) is 42.1 Å². The molecule has 0 saturated carbocycles. The fraction of sp³-hybridized carbons (Fsp3) is 0.500. The molecule has 1 aromatic rings. The van der Waals surface area contributed by atoms with Crippen LogP contribution in [0.3, 0.4) is 0 Å². The molecule has 0 unspecified atom stereocenters. The zero-order valence-corrected chi connectivity index (χ0v) is 10.3. The number of carbonyl (C=O) groups excluding carboxylic acids is 1. The first kappa shape index (κ1) is 13.6. The molecule has 0 aliphatic heterocycles. The van der Waals surface area contributed by atoms with Crippen LogP contribution in [0.1, 0.15) is 24.2 Å². The van der Waals surface area contributed by atoms with Crippen molar-refractivity contribution in [3.63, 3.8) is 0 Å². The Morgan fingerprint density at radius 2 is 2.29 bits per heavy atom. The second-order valence-corrected chi connectivity index (χ2v) is 4.01. The molecule has 94 valence electrons. The van der Waals surface area contributed by atoms with E-state index in [-0.39, 0.29) is 12.0 Å². The lowest BCUT2D eigenvalue weighted by Crippen LogP contribution is -2.30. The maximum atomic E-state index is 12.8. The zero-order chi connectivity index (χ0) is 12.8. The highest BCUT2D eigenvalue weighted by atomic mass is 19.1. The number of pyridine rings is 1. The number of halogens is 1. The molecule has 17 heavy (non-hydrogen) atoms. The SMILES string of the molecule is CC(C)OCCN(C)C(=O)c1ccnc(F)c1. The Labute approximate surface area is 100 Å². The normalized spacial score (nSPS) is 10.6. The molecular formula is C12H17FN2O2. The molecule has 1 aromatic heterocycles. The van der Waals surface area contributed by atoms with Gasteiger partial charge >= 0.3 is 0 Å². The van der Waals surface area contributed by atoms with Crippen LogP contribution in [0.4, 0.5) is 4.39 Å². The van der Waals surface area contributed by atoms with E-state index in [9.17, 15) is 9.18 Å². The van der Waals surface area contributed by atoms with Crippen molar-refractivity contribution in [1.82, 2.24) is 9.88 Å². The minimum absolute atomic E-state index is 0.136. The minimum atomic E-state index is -0.650. The summed E-state index contributed by atoms with van der Waals surface area (Å²) in [4.78, 5) is 16.8. The fourth-order valence-corrected chi connectivity index (χ4v) is 1.28. The van der Waals surface area contributed by atoms with Crippen LogP contribution in [0.15, 0.2) is 18.3 Å². The van der Waals surface area contributed by atoms with Crippen molar-refractivity contribution in [1.29, 1.82) is 0 Å². The summed E-state index contributed by atoms with van der Waals surface area (Å²) >= 11 is 0. The van der Waals surface area contributed by atoms with Crippen molar-refractivity contribution in [2.24, 2.45) is 0 Å². The molecule has 1 rings (SSSR count). The molecule has 0 atom stereocenters. The Morgan fingerprint density at radius 3 is 2.88 bits per heavy atom. The smallest absolute Gasteiger partial charge is 0.253 e. The van der Waals surface area contributed by atoms with Gasteiger partial charge in [0.1, 0.15) is 0 Å². The van der Waals surface area contributed by atoms with E-state index in [1.54, 1.807) is 7.05 Å². The fourth-order valence-electron chi connectivity index (χ4n) is 1.28. The molecule has 0 aromatic carbocycles. The van der Waals surface area contributed by atoms with Crippen molar-refractivity contribution in [2.75, 3.05) is 20.2 Å². The Morgan fingerprint density at radius 1 is 1.59 bits per heavy atom. The average Bonchev–Trinajstić information content (AvgIpc) is 2.27. The summed E-state index contributed by atoms with van der Waals surface area (Å²) in [5.41, 5.74) is 0.296. The molecular weight excluding hydrogens is 223 g/mol. The van der Waals surface area contributed by atoms with Crippen molar-refractivity contribution < 1.29 is 13.9 Å². The molecule has 1 amide bonds. The number of likely N-dealkylation sites (N-methyl/N-ethyl adjacent to an activating group) is 1. The summed E-state index contributed by atoms with van der Waals surface area (Å²) in [5.74, 6) is -0.888. The molecule has 0 aliphatic rings. The predicted octanol–water partition coefficient (Wildman–Crippen LogP) is 1.72. The third kappa shape index (κ3) is 4.48. The topological polar surface area (TPSA) is 42.4 Å². The molecule has 5 heteroatoms. The summed E-state index contributed by atoms with van der Waals surface area (Å²) in [6.45, 7) is 4.80. The van der Waals surface area contributed by atoms with E-state index in [2.05, 4.69) is 4.98 Å². The second-order valence-electron chi connectivity index (χ2n) is 4.01. The number of ether oxygens (including phenoxy) is 1. The molecule has 0 aliphatic carbocycles. The predicted molar refractivity (Wildman–Crippen MR) is 62.2 cm³/mol. The zero-order valence-electron chi connectivity index (χ0n) is 10.3. The summed E-state index contributed by atoms with van der Waals surface area (Å²) in [6.07, 6.45) is 1.41. The van der Waals surface area contributed by atoms with Crippen LogP contribution >= 0.6 is 0 Å². The van der Waals surface area contributed by atoms with E-state index in [1.165, 1.54) is 17.2 Å². The van der Waals surface area contributed by atoms with E-state index in [4.69, 9.17) is 4.74 Å². The molecule has 0 radical (unpaired) electrons. The van der Waals surface area contributed by atoms with Gasteiger partial charge in [0, 0.05) is 31.4 Å². The Kier molecular flexibility index (Phi) is 5.03. The Bertz CT molecular complexity index is 383. The Hall–Kier alpha value is -1.49. The highest BCUT2D eigenvalue weighted by Crippen LogP contribution is 2.04. The van der Waals surface area contributed by atoms with Crippen LogP contribution in [0.5, 0.6) is 0 Å². The molecule has 0 spiro atoms. The molecule has 0 saturated heterocycles. The number of hydrogen-bond acceptors (Lipinski definition) is 3. The largest absolute Gasteiger partial charge is 0.377 e. The average molecular weight is 240 g/mol. The number of nitrogens with zero attached hydrogens (tertiary/aromatic N) is 2. The van der Waals surface area contributed by atoms with Crippen LogP contribution in [-0.2, 0) is 4.74 Å². The number of rotatable bonds is 5. The lowest BCUT2D eigenvalue weighted by Gasteiger charge is -2.18. The summed E-state index contributed by atoms with van der Waals surface area (Å²) in [7, 11) is 1.66. The maximum absolute atomic E-state index is 12.8. The van der Waals surface area contributed by atoms with E-state index < -0.39 is 5.95 Å². The molecule has 0 fully saturated rings. The standard InChI is InChI=1S/C12H17FN2O2/c1-9(2)17-7-6-15(3)12(16)10-4-5-14-11(13)8-10/h4-5,8-9H,6-7H2,1-3H3. The molecule has 4 nitrogen and oxygen atoms in total. The van der Waals surface area contributed by atoms with Gasteiger partial charge in [-0.3, -0.25) is 4.79 Å². The van der Waals surface area contributed by atoms with Crippen molar-refractivity contribution in [3.05, 3.63) is 29.8 Å². The Balaban J connectivity index is 2.52. The van der Waals surface area contributed by atoms with Gasteiger partial charge in [0.05, 0.1) is 12.7 Å². The lowest BCUT2D eigenvalue weighted by atomic mass is 10.2. The molecule has 0 bridgehead atoms. The van der Waals surface area contributed by atoms with Gasteiger partial charge in [0.15, 0.2) is 0 Å². The van der Waals surface area contributed by atoms with Crippen LogP contribution < -0.4 is 0 Å². The lowest BCUT2D eigenvalue weighted by molar-refractivity contribution is 0.0532. The monoisotopic (exact) mass is 240 g/mol. The summed E-state index contributed by atoms with van der Waals surface area (Å²) in [6, 6.07) is 2.62. The first-order valence-corrected chi connectivity index (χ1v) is 5.49. The second kappa shape index (κ2) is 6.30. The third-order valence-corrected chi connectivity index (χ3v) is 2.20. The van der Waals surface area contributed by atoms with Crippen LogP contribution in [0.2, 0.25) is 0 Å². The van der Waals surface area contributed by atoms with E-state index in [0.29, 0.717) is 18.7 Å². The quantitative estimate of drug-likeness (QED) is 0.736. The minimum Gasteiger partial charge on any atom is -0.377 e. The summed E-state index contributed by atoms with van der Waals surface area (Å²) in [5, 5.41) is 0. The van der Waals surface area contributed by atoms with E-state index in [1.807, 2.05) is 13.8 Å². The highest BCUT2D eigenvalue weighted by molar-refractivity contribution is 5.93. The number of amides is 1. The van der Waals surface area contributed by atoms with Gasteiger partial charge in [-0.25, -0.2) is 4.98 Å². The van der Waals surface area contributed by atoms with Gasteiger partial charge in [-0.1, -0.05) is 0 Å². The van der Waals surface area contributed by atoms with Crippen molar-refractivity contribution in [3.8, 4) is 0 Å².